The van der Waals surface area contributed by atoms with E-state index in [2.05, 4.69) is 5.32 Å². The molecule has 4 heteroatoms. The van der Waals surface area contributed by atoms with Gasteiger partial charge in [0.25, 0.3) is 0 Å². The molecule has 1 aliphatic rings. The molecule has 0 heterocycles. The molecule has 0 aromatic heterocycles. The zero-order valence-corrected chi connectivity index (χ0v) is 10.2. The van der Waals surface area contributed by atoms with Crippen LogP contribution in [0.2, 0.25) is 0 Å². The fraction of sp³-hybridized carbons (Fsp3) is 0.900. The number of rotatable bonds is 5. The number of hydrogen-bond donors (Lipinski definition) is 1. The van der Waals surface area contributed by atoms with Crippen molar-refractivity contribution in [1.29, 1.82) is 0 Å². The SMILES string of the molecule is CSCCC(=O)NC1CCCC1CCl. The lowest BCUT2D eigenvalue weighted by molar-refractivity contribution is -0.121. The van der Waals surface area contributed by atoms with Gasteiger partial charge < -0.3 is 5.32 Å². The van der Waals surface area contributed by atoms with Crippen molar-refractivity contribution in [2.45, 2.75) is 31.7 Å². The summed E-state index contributed by atoms with van der Waals surface area (Å²) in [5.41, 5.74) is 0. The zero-order valence-electron chi connectivity index (χ0n) is 8.59. The third-order valence-corrected chi connectivity index (χ3v) is 3.75. The number of carbonyl (C=O) groups excluding carboxylic acids is 1. The summed E-state index contributed by atoms with van der Waals surface area (Å²) in [5, 5.41) is 3.08. The number of alkyl halides is 1. The standard InChI is InChI=1S/C10H18ClNOS/c1-14-6-5-10(13)12-9-4-2-3-8(9)7-11/h8-9H,2-7H2,1H3,(H,12,13). The van der Waals surface area contributed by atoms with Gasteiger partial charge >= 0.3 is 0 Å². The quantitative estimate of drug-likeness (QED) is 0.741. The van der Waals surface area contributed by atoms with Gasteiger partial charge in [0.15, 0.2) is 0 Å². The van der Waals surface area contributed by atoms with Crippen LogP contribution in [0.1, 0.15) is 25.7 Å². The molecule has 0 aromatic carbocycles. The maximum absolute atomic E-state index is 11.5. The number of halogens is 1. The molecule has 0 aromatic rings. The number of carbonyl (C=O) groups is 1. The molecular formula is C10H18ClNOS. The minimum atomic E-state index is 0.182. The van der Waals surface area contributed by atoms with Crippen molar-refractivity contribution >= 4 is 29.3 Å². The minimum absolute atomic E-state index is 0.182. The third kappa shape index (κ3) is 3.70. The predicted molar refractivity (Wildman–Crippen MR) is 63.0 cm³/mol. The second-order valence-electron chi connectivity index (χ2n) is 3.76. The van der Waals surface area contributed by atoms with Crippen molar-refractivity contribution < 1.29 is 4.79 Å². The Morgan fingerprint density at radius 1 is 1.57 bits per heavy atom. The Balaban J connectivity index is 2.25. The number of nitrogens with one attached hydrogen (secondary N) is 1. The second kappa shape index (κ2) is 6.57. The Labute approximate surface area is 95.2 Å². The van der Waals surface area contributed by atoms with Gasteiger partial charge in [-0.1, -0.05) is 6.42 Å². The highest BCUT2D eigenvalue weighted by Gasteiger charge is 2.27. The molecule has 1 fully saturated rings. The lowest BCUT2D eigenvalue weighted by atomic mass is 10.1. The molecule has 1 N–H and O–H groups in total. The molecule has 1 saturated carbocycles. The normalized spacial score (nSPS) is 26.4. The van der Waals surface area contributed by atoms with Crippen LogP contribution in [0.25, 0.3) is 0 Å². The Hall–Kier alpha value is 0.110. The van der Waals surface area contributed by atoms with Crippen LogP contribution in [0, 0.1) is 5.92 Å². The van der Waals surface area contributed by atoms with Crippen molar-refractivity contribution in [3.05, 3.63) is 0 Å². The van der Waals surface area contributed by atoms with E-state index in [9.17, 15) is 4.79 Å². The smallest absolute Gasteiger partial charge is 0.221 e. The Bertz CT molecular complexity index is 189. The molecule has 1 rings (SSSR count). The van der Waals surface area contributed by atoms with Crippen LogP contribution in [0.5, 0.6) is 0 Å². The van der Waals surface area contributed by atoms with E-state index in [1.807, 2.05) is 6.26 Å². The maximum atomic E-state index is 11.5. The van der Waals surface area contributed by atoms with Crippen LogP contribution >= 0.6 is 23.4 Å². The predicted octanol–water partition coefficient (Wildman–Crippen LogP) is 2.26. The van der Waals surface area contributed by atoms with E-state index in [-0.39, 0.29) is 5.91 Å². The molecule has 2 nitrogen and oxygen atoms in total. The van der Waals surface area contributed by atoms with Gasteiger partial charge in [-0.05, 0) is 25.0 Å². The molecule has 1 amide bonds. The van der Waals surface area contributed by atoms with Crippen LogP contribution in [-0.2, 0) is 4.79 Å². The van der Waals surface area contributed by atoms with Crippen molar-refractivity contribution in [2.24, 2.45) is 5.92 Å². The van der Waals surface area contributed by atoms with Gasteiger partial charge in [0, 0.05) is 24.1 Å². The Morgan fingerprint density at radius 3 is 3.00 bits per heavy atom. The molecule has 0 aliphatic heterocycles. The molecule has 0 radical (unpaired) electrons. The van der Waals surface area contributed by atoms with E-state index in [0.29, 0.717) is 24.3 Å². The van der Waals surface area contributed by atoms with Gasteiger partial charge in [0.2, 0.25) is 5.91 Å². The summed E-state index contributed by atoms with van der Waals surface area (Å²) in [6.07, 6.45) is 6.11. The number of amides is 1. The van der Waals surface area contributed by atoms with Crippen molar-refractivity contribution in [2.75, 3.05) is 17.9 Å². The third-order valence-electron chi connectivity index (χ3n) is 2.74. The molecule has 1 aliphatic carbocycles. The van der Waals surface area contributed by atoms with E-state index in [0.717, 1.165) is 18.6 Å². The Kier molecular flexibility index (Phi) is 5.71. The topological polar surface area (TPSA) is 29.1 Å². The fourth-order valence-electron chi connectivity index (χ4n) is 1.89. The first kappa shape index (κ1) is 12.2. The molecule has 14 heavy (non-hydrogen) atoms. The van der Waals surface area contributed by atoms with E-state index < -0.39 is 0 Å². The summed E-state index contributed by atoms with van der Waals surface area (Å²) >= 11 is 7.54. The van der Waals surface area contributed by atoms with Gasteiger partial charge in [-0.3, -0.25) is 4.79 Å². The van der Waals surface area contributed by atoms with Crippen LogP contribution in [-0.4, -0.2) is 29.8 Å². The van der Waals surface area contributed by atoms with Crippen molar-refractivity contribution in [3.8, 4) is 0 Å². The van der Waals surface area contributed by atoms with E-state index >= 15 is 0 Å². The monoisotopic (exact) mass is 235 g/mol. The summed E-state index contributed by atoms with van der Waals surface area (Å²) in [5.74, 6) is 2.26. The summed E-state index contributed by atoms with van der Waals surface area (Å²) in [6.45, 7) is 0. The first-order chi connectivity index (χ1) is 6.77. The first-order valence-electron chi connectivity index (χ1n) is 5.12. The van der Waals surface area contributed by atoms with Gasteiger partial charge in [-0.15, -0.1) is 11.6 Å². The van der Waals surface area contributed by atoms with Crippen LogP contribution in [0.15, 0.2) is 0 Å². The van der Waals surface area contributed by atoms with E-state index in [4.69, 9.17) is 11.6 Å². The molecule has 82 valence electrons. The van der Waals surface area contributed by atoms with Crippen LogP contribution in [0.3, 0.4) is 0 Å². The van der Waals surface area contributed by atoms with Gasteiger partial charge in [-0.25, -0.2) is 0 Å². The second-order valence-corrected chi connectivity index (χ2v) is 5.06. The lowest BCUT2D eigenvalue weighted by Crippen LogP contribution is -2.38. The summed E-state index contributed by atoms with van der Waals surface area (Å²) in [7, 11) is 0. The molecule has 0 saturated heterocycles. The van der Waals surface area contributed by atoms with E-state index in [1.54, 1.807) is 11.8 Å². The van der Waals surface area contributed by atoms with Gasteiger partial charge in [0.05, 0.1) is 0 Å². The summed E-state index contributed by atoms with van der Waals surface area (Å²) < 4.78 is 0. The average Bonchev–Trinajstić information content (AvgIpc) is 2.62. The highest BCUT2D eigenvalue weighted by atomic mass is 35.5. The number of thioether (sulfide) groups is 1. The average molecular weight is 236 g/mol. The zero-order chi connectivity index (χ0) is 10.4. The Morgan fingerprint density at radius 2 is 2.36 bits per heavy atom. The number of hydrogen-bond acceptors (Lipinski definition) is 2. The van der Waals surface area contributed by atoms with Gasteiger partial charge in [-0.2, -0.15) is 11.8 Å². The molecule has 0 spiro atoms. The summed E-state index contributed by atoms with van der Waals surface area (Å²) in [4.78, 5) is 11.5. The lowest BCUT2D eigenvalue weighted by Gasteiger charge is -2.18. The van der Waals surface area contributed by atoms with Crippen LogP contribution < -0.4 is 5.32 Å². The molecule has 2 atom stereocenters. The van der Waals surface area contributed by atoms with Crippen molar-refractivity contribution in [3.63, 3.8) is 0 Å². The van der Waals surface area contributed by atoms with Crippen molar-refractivity contribution in [1.82, 2.24) is 5.32 Å². The molecule has 0 bridgehead atoms. The molecular weight excluding hydrogens is 218 g/mol. The summed E-state index contributed by atoms with van der Waals surface area (Å²) in [6, 6.07) is 0.335. The molecule has 2 unspecified atom stereocenters. The highest BCUT2D eigenvalue weighted by molar-refractivity contribution is 7.98. The largest absolute Gasteiger partial charge is 0.353 e. The van der Waals surface area contributed by atoms with Gasteiger partial charge in [0.1, 0.15) is 0 Å². The minimum Gasteiger partial charge on any atom is -0.353 e. The first-order valence-corrected chi connectivity index (χ1v) is 7.05. The maximum Gasteiger partial charge on any atom is 0.221 e. The van der Waals surface area contributed by atoms with Crippen LogP contribution in [0.4, 0.5) is 0 Å². The van der Waals surface area contributed by atoms with E-state index in [1.165, 1.54) is 6.42 Å². The highest BCUT2D eigenvalue weighted by Crippen LogP contribution is 2.26. The fourth-order valence-corrected chi connectivity index (χ4v) is 2.64.